The molecule has 0 aliphatic carbocycles. The van der Waals surface area contributed by atoms with E-state index in [1.165, 1.54) is 0 Å². The Bertz CT molecular complexity index is 262. The van der Waals surface area contributed by atoms with Crippen molar-refractivity contribution in [1.29, 1.82) is 0 Å². The van der Waals surface area contributed by atoms with Gasteiger partial charge in [0.15, 0.2) is 0 Å². The van der Waals surface area contributed by atoms with Gasteiger partial charge in [-0.15, -0.1) is 0 Å². The van der Waals surface area contributed by atoms with Gasteiger partial charge in [0, 0.05) is 24.0 Å². The quantitative estimate of drug-likeness (QED) is 0.712. The largest absolute Gasteiger partial charge is 0.467 e. The van der Waals surface area contributed by atoms with E-state index in [1.807, 2.05) is 14.0 Å². The number of ether oxygens (including phenoxy) is 1. The number of nitrogens with one attached hydrogen (secondary N) is 1. The second kappa shape index (κ2) is 4.01. The Morgan fingerprint density at radius 2 is 2.33 bits per heavy atom. The van der Waals surface area contributed by atoms with E-state index in [2.05, 4.69) is 15.3 Å². The molecule has 0 saturated heterocycles. The second-order valence-corrected chi connectivity index (χ2v) is 2.50. The highest BCUT2D eigenvalue weighted by molar-refractivity contribution is 5.17. The van der Waals surface area contributed by atoms with Crippen LogP contribution in [-0.4, -0.2) is 24.1 Å². The zero-order valence-electron chi connectivity index (χ0n) is 7.59. The highest BCUT2D eigenvalue weighted by Crippen LogP contribution is 2.07. The molecule has 1 aromatic heterocycles. The van der Waals surface area contributed by atoms with Crippen LogP contribution in [0.4, 0.5) is 0 Å². The highest BCUT2D eigenvalue weighted by Gasteiger charge is 2.01. The van der Waals surface area contributed by atoms with Crippen molar-refractivity contribution in [3.05, 3.63) is 17.5 Å². The van der Waals surface area contributed by atoms with E-state index in [0.717, 1.165) is 17.8 Å². The molecule has 0 amide bonds. The van der Waals surface area contributed by atoms with Crippen LogP contribution in [0, 0.1) is 6.92 Å². The van der Waals surface area contributed by atoms with Gasteiger partial charge in [-0.05, 0) is 14.0 Å². The maximum absolute atomic E-state index is 4.89. The number of hydrogen-bond acceptors (Lipinski definition) is 4. The van der Waals surface area contributed by atoms with Gasteiger partial charge < -0.3 is 10.1 Å². The summed E-state index contributed by atoms with van der Waals surface area (Å²) in [5.41, 5.74) is 2.05. The minimum Gasteiger partial charge on any atom is -0.467 e. The first-order valence-electron chi connectivity index (χ1n) is 3.79. The summed E-state index contributed by atoms with van der Waals surface area (Å²) in [7, 11) is 3.45. The van der Waals surface area contributed by atoms with Crippen molar-refractivity contribution in [1.82, 2.24) is 15.3 Å². The van der Waals surface area contributed by atoms with Crippen LogP contribution in [0.5, 0.6) is 6.01 Å². The van der Waals surface area contributed by atoms with E-state index in [9.17, 15) is 0 Å². The topological polar surface area (TPSA) is 47.0 Å². The lowest BCUT2D eigenvalue weighted by Crippen LogP contribution is -2.08. The molecule has 0 bridgehead atoms. The molecule has 0 radical (unpaired) electrons. The van der Waals surface area contributed by atoms with Crippen LogP contribution in [0.1, 0.15) is 11.3 Å². The Kier molecular flexibility index (Phi) is 2.99. The number of rotatable bonds is 3. The van der Waals surface area contributed by atoms with Crippen LogP contribution in [0.15, 0.2) is 6.20 Å². The van der Waals surface area contributed by atoms with Crippen LogP contribution in [0.2, 0.25) is 0 Å². The van der Waals surface area contributed by atoms with E-state index >= 15 is 0 Å². The molecule has 4 heteroatoms. The van der Waals surface area contributed by atoms with E-state index < -0.39 is 0 Å². The van der Waals surface area contributed by atoms with E-state index in [0.29, 0.717) is 6.01 Å². The highest BCUT2D eigenvalue weighted by atomic mass is 16.5. The molecule has 12 heavy (non-hydrogen) atoms. The van der Waals surface area contributed by atoms with Gasteiger partial charge in [-0.2, -0.15) is 0 Å². The predicted molar refractivity (Wildman–Crippen MR) is 46.1 cm³/mol. The summed E-state index contributed by atoms with van der Waals surface area (Å²) in [5.74, 6) is 0. The van der Waals surface area contributed by atoms with Crippen LogP contribution in [-0.2, 0) is 6.54 Å². The lowest BCUT2D eigenvalue weighted by Gasteiger charge is -2.04. The van der Waals surface area contributed by atoms with Crippen molar-refractivity contribution in [2.24, 2.45) is 0 Å². The third-order valence-corrected chi connectivity index (χ3v) is 1.61. The van der Waals surface area contributed by atoms with Crippen molar-refractivity contribution in [3.63, 3.8) is 0 Å². The average Bonchev–Trinajstić information content (AvgIpc) is 2.09. The summed E-state index contributed by atoms with van der Waals surface area (Å²) in [6.07, 6.45) is 1.78. The van der Waals surface area contributed by atoms with E-state index in [-0.39, 0.29) is 0 Å². The first-order valence-corrected chi connectivity index (χ1v) is 3.79. The lowest BCUT2D eigenvalue weighted by atomic mass is 10.2. The van der Waals surface area contributed by atoms with Crippen LogP contribution in [0.3, 0.4) is 0 Å². The first kappa shape index (κ1) is 8.93. The minimum atomic E-state index is 0.423. The van der Waals surface area contributed by atoms with Crippen molar-refractivity contribution in [2.75, 3.05) is 14.2 Å². The molecule has 0 saturated carbocycles. The molecule has 1 N–H and O–H groups in total. The molecule has 0 aliphatic heterocycles. The van der Waals surface area contributed by atoms with Crippen LogP contribution in [0.25, 0.3) is 0 Å². The Morgan fingerprint density at radius 3 is 2.83 bits per heavy atom. The summed E-state index contributed by atoms with van der Waals surface area (Å²) in [5, 5.41) is 3.04. The molecular formula is C8H13N3O. The smallest absolute Gasteiger partial charge is 0.316 e. The molecule has 0 fully saturated rings. The molecule has 1 rings (SSSR count). The number of nitrogens with zero attached hydrogens (tertiary/aromatic N) is 2. The Hall–Kier alpha value is -1.16. The molecule has 4 nitrogen and oxygen atoms in total. The summed E-state index contributed by atoms with van der Waals surface area (Å²) in [6.45, 7) is 2.73. The van der Waals surface area contributed by atoms with Crippen molar-refractivity contribution < 1.29 is 4.74 Å². The van der Waals surface area contributed by atoms with E-state index in [1.54, 1.807) is 13.3 Å². The summed E-state index contributed by atoms with van der Waals surface area (Å²) >= 11 is 0. The molecule has 0 aliphatic rings. The Labute approximate surface area is 72.0 Å². The Morgan fingerprint density at radius 1 is 1.58 bits per heavy atom. The maximum Gasteiger partial charge on any atom is 0.316 e. The molecule has 1 heterocycles. The molecule has 0 spiro atoms. The van der Waals surface area contributed by atoms with Crippen molar-refractivity contribution in [2.45, 2.75) is 13.5 Å². The Balaban J connectivity index is 2.87. The second-order valence-electron chi connectivity index (χ2n) is 2.50. The normalized spacial score (nSPS) is 9.92. The fraction of sp³-hybridized carbons (Fsp3) is 0.500. The zero-order chi connectivity index (χ0) is 8.97. The summed E-state index contributed by atoms with van der Waals surface area (Å²) in [6, 6.07) is 0.423. The third kappa shape index (κ3) is 1.92. The van der Waals surface area contributed by atoms with E-state index in [4.69, 9.17) is 4.74 Å². The fourth-order valence-electron chi connectivity index (χ4n) is 0.933. The van der Waals surface area contributed by atoms with Crippen molar-refractivity contribution >= 4 is 0 Å². The van der Waals surface area contributed by atoms with Crippen molar-refractivity contribution in [3.8, 4) is 6.01 Å². The van der Waals surface area contributed by atoms with Gasteiger partial charge >= 0.3 is 6.01 Å². The molecule has 0 aromatic carbocycles. The monoisotopic (exact) mass is 167 g/mol. The molecule has 1 aromatic rings. The van der Waals surface area contributed by atoms with Gasteiger partial charge in [0.1, 0.15) is 0 Å². The van der Waals surface area contributed by atoms with Gasteiger partial charge in [0.25, 0.3) is 0 Å². The molecule has 0 atom stereocenters. The van der Waals surface area contributed by atoms with Gasteiger partial charge in [-0.25, -0.2) is 9.97 Å². The molecule has 66 valence electrons. The van der Waals surface area contributed by atoms with Gasteiger partial charge in [0.05, 0.1) is 7.11 Å². The standard InChI is InChI=1S/C8H13N3O/c1-6-7(4-9-2)5-10-8(11-6)12-3/h5,9H,4H2,1-3H3. The number of aryl methyl sites for hydroxylation is 1. The first-order chi connectivity index (χ1) is 5.77. The number of hydrogen-bond donors (Lipinski definition) is 1. The SMILES string of the molecule is CNCc1cnc(OC)nc1C. The molecule has 0 unspecified atom stereocenters. The minimum absolute atomic E-state index is 0.423. The summed E-state index contributed by atoms with van der Waals surface area (Å²) < 4.78 is 4.89. The average molecular weight is 167 g/mol. The van der Waals surface area contributed by atoms with Gasteiger partial charge in [-0.1, -0.05) is 0 Å². The fourth-order valence-corrected chi connectivity index (χ4v) is 0.933. The van der Waals surface area contributed by atoms with Crippen LogP contribution >= 0.6 is 0 Å². The zero-order valence-corrected chi connectivity index (χ0v) is 7.59. The van der Waals surface area contributed by atoms with Crippen LogP contribution < -0.4 is 10.1 Å². The predicted octanol–water partition coefficient (Wildman–Crippen LogP) is 0.513. The molecular weight excluding hydrogens is 154 g/mol. The van der Waals surface area contributed by atoms with Gasteiger partial charge in [0.2, 0.25) is 0 Å². The lowest BCUT2D eigenvalue weighted by molar-refractivity contribution is 0.378. The summed E-state index contributed by atoms with van der Waals surface area (Å²) in [4.78, 5) is 8.14. The maximum atomic E-state index is 4.89. The number of aromatic nitrogens is 2. The van der Waals surface area contributed by atoms with Gasteiger partial charge in [-0.3, -0.25) is 0 Å². The number of methoxy groups -OCH3 is 1. The third-order valence-electron chi connectivity index (χ3n) is 1.61.